The fourth-order valence-electron chi connectivity index (χ4n) is 4.03. The largest absolute Gasteiger partial charge is 0.324 e. The molecule has 5 aromatic rings. The molecule has 36 heavy (non-hydrogen) atoms. The van der Waals surface area contributed by atoms with Crippen molar-refractivity contribution in [2.24, 2.45) is 7.05 Å². The molecule has 1 amide bonds. The number of carbonyl (C=O) groups excluding carboxylic acids is 1. The lowest BCUT2D eigenvalue weighted by Gasteiger charge is -2.18. The van der Waals surface area contributed by atoms with E-state index < -0.39 is 6.04 Å². The van der Waals surface area contributed by atoms with Crippen molar-refractivity contribution >= 4 is 45.7 Å². The number of aryl methyl sites for hydroxylation is 1. The molecule has 3 heterocycles. The van der Waals surface area contributed by atoms with Crippen LogP contribution < -0.4 is 10.9 Å². The second-order valence-electron chi connectivity index (χ2n) is 8.16. The molecular weight excluding hydrogens is 503 g/mol. The minimum atomic E-state index is -0.753. The number of benzene rings is 2. The van der Waals surface area contributed by atoms with E-state index in [1.165, 1.54) is 27.8 Å². The van der Waals surface area contributed by atoms with Crippen LogP contribution in [0.3, 0.4) is 0 Å². The van der Waals surface area contributed by atoms with E-state index >= 15 is 0 Å². The zero-order chi connectivity index (χ0) is 25.4. The van der Waals surface area contributed by atoms with Gasteiger partial charge in [0.1, 0.15) is 6.04 Å². The molecule has 1 N–H and O–H groups in total. The Morgan fingerprint density at radius 1 is 1.11 bits per heavy atom. The number of nitrogens with one attached hydrogen (secondary N) is 1. The van der Waals surface area contributed by atoms with Crippen molar-refractivity contribution in [1.82, 2.24) is 34.3 Å². The van der Waals surface area contributed by atoms with Crippen LogP contribution in [0.2, 0.25) is 10.2 Å². The number of nitrogens with zero attached hydrogens (tertiary/aromatic N) is 7. The smallest absolute Gasteiger partial charge is 0.254 e. The molecule has 0 aliphatic carbocycles. The Morgan fingerprint density at radius 3 is 2.67 bits per heavy atom. The lowest BCUT2D eigenvalue weighted by Crippen LogP contribution is -2.33. The Hall–Kier alpha value is -4.02. The highest BCUT2D eigenvalue weighted by Gasteiger charge is 2.21. The van der Waals surface area contributed by atoms with Crippen molar-refractivity contribution < 1.29 is 4.79 Å². The predicted molar refractivity (Wildman–Crippen MR) is 138 cm³/mol. The molecule has 10 nitrogen and oxygen atoms in total. The van der Waals surface area contributed by atoms with Gasteiger partial charge in [-0.2, -0.15) is 5.10 Å². The van der Waals surface area contributed by atoms with Gasteiger partial charge in [-0.05, 0) is 42.8 Å². The quantitative estimate of drug-likeness (QED) is 0.356. The molecule has 0 radical (unpaired) electrons. The molecular formula is C24H20Cl2N8O2. The maximum absolute atomic E-state index is 13.1. The van der Waals surface area contributed by atoms with Crippen molar-refractivity contribution in [3.63, 3.8) is 0 Å². The van der Waals surface area contributed by atoms with E-state index in [0.717, 1.165) is 10.9 Å². The first-order valence-electron chi connectivity index (χ1n) is 11.0. The molecule has 2 aromatic carbocycles. The van der Waals surface area contributed by atoms with Crippen LogP contribution >= 0.6 is 23.2 Å². The first-order valence-corrected chi connectivity index (χ1v) is 11.8. The van der Waals surface area contributed by atoms with Gasteiger partial charge in [0.2, 0.25) is 5.91 Å². The highest BCUT2D eigenvalue weighted by Crippen LogP contribution is 2.28. The molecule has 0 bridgehead atoms. The zero-order valence-corrected chi connectivity index (χ0v) is 20.8. The van der Waals surface area contributed by atoms with E-state index in [0.29, 0.717) is 34.1 Å². The van der Waals surface area contributed by atoms with Gasteiger partial charge in [0.25, 0.3) is 5.56 Å². The summed E-state index contributed by atoms with van der Waals surface area (Å²) in [4.78, 5) is 30.7. The number of aromatic nitrogens is 7. The van der Waals surface area contributed by atoms with Crippen LogP contribution in [0.15, 0.2) is 66.0 Å². The highest BCUT2D eigenvalue weighted by atomic mass is 35.5. The zero-order valence-electron chi connectivity index (χ0n) is 19.3. The van der Waals surface area contributed by atoms with Gasteiger partial charge in [-0.3, -0.25) is 18.8 Å². The van der Waals surface area contributed by atoms with Crippen molar-refractivity contribution in [2.75, 3.05) is 5.32 Å². The summed E-state index contributed by atoms with van der Waals surface area (Å²) in [6.07, 6.45) is 5.17. The van der Waals surface area contributed by atoms with Gasteiger partial charge in [0.15, 0.2) is 5.15 Å². The standard InChI is InChI=1S/C24H20Cl2N8O2/c1-3-20(24(36)28-16-5-6-18-14(8-16)11-32(2)30-18)33-13-27-19(10-23(33)35)17-9-15(25)4-7-21(17)34-12-22(26)29-31-34/h4-13,20H,3H2,1-2H3,(H,28,36)/t20-/m0/s1. The Bertz CT molecular complexity index is 1660. The Labute approximate surface area is 215 Å². The van der Waals surface area contributed by atoms with Gasteiger partial charge in [-0.1, -0.05) is 35.3 Å². The summed E-state index contributed by atoms with van der Waals surface area (Å²) < 4.78 is 4.50. The van der Waals surface area contributed by atoms with Crippen LogP contribution in [0.25, 0.3) is 27.8 Å². The van der Waals surface area contributed by atoms with Gasteiger partial charge in [-0.15, -0.1) is 5.10 Å². The SMILES string of the molecule is CC[C@@H](C(=O)Nc1ccc2nn(C)cc2c1)n1cnc(-c2cc(Cl)ccc2-n2cc(Cl)nn2)cc1=O. The first-order chi connectivity index (χ1) is 17.3. The summed E-state index contributed by atoms with van der Waals surface area (Å²) in [5.41, 5.74) is 2.60. The van der Waals surface area contributed by atoms with E-state index in [-0.39, 0.29) is 16.6 Å². The van der Waals surface area contributed by atoms with E-state index in [9.17, 15) is 9.59 Å². The third-order valence-corrected chi connectivity index (χ3v) is 6.10. The van der Waals surface area contributed by atoms with Gasteiger partial charge in [0, 0.05) is 41.0 Å². The maximum Gasteiger partial charge on any atom is 0.254 e. The molecule has 3 aromatic heterocycles. The van der Waals surface area contributed by atoms with E-state index in [1.807, 2.05) is 32.3 Å². The Kier molecular flexibility index (Phi) is 6.29. The average Bonchev–Trinajstić information content (AvgIpc) is 3.44. The van der Waals surface area contributed by atoms with Gasteiger partial charge >= 0.3 is 0 Å². The van der Waals surface area contributed by atoms with Crippen molar-refractivity contribution in [3.8, 4) is 16.9 Å². The molecule has 182 valence electrons. The van der Waals surface area contributed by atoms with E-state index in [2.05, 4.69) is 25.7 Å². The predicted octanol–water partition coefficient (Wildman–Crippen LogP) is 4.27. The van der Waals surface area contributed by atoms with Crippen LogP contribution in [-0.4, -0.2) is 40.2 Å². The second kappa shape index (κ2) is 9.56. The Balaban J connectivity index is 1.45. The summed E-state index contributed by atoms with van der Waals surface area (Å²) in [5.74, 6) is -0.321. The molecule has 1 atom stereocenters. The number of rotatable bonds is 6. The monoisotopic (exact) mass is 522 g/mol. The number of halogens is 2. The van der Waals surface area contributed by atoms with Crippen LogP contribution in [0.4, 0.5) is 5.69 Å². The van der Waals surface area contributed by atoms with E-state index in [4.69, 9.17) is 23.2 Å². The molecule has 0 aliphatic rings. The van der Waals surface area contributed by atoms with Gasteiger partial charge in [-0.25, -0.2) is 9.67 Å². The summed E-state index contributed by atoms with van der Waals surface area (Å²) in [6.45, 7) is 1.83. The Morgan fingerprint density at radius 2 is 1.94 bits per heavy atom. The molecule has 0 saturated heterocycles. The van der Waals surface area contributed by atoms with Crippen molar-refractivity contribution in [1.29, 1.82) is 0 Å². The maximum atomic E-state index is 13.1. The lowest BCUT2D eigenvalue weighted by atomic mass is 10.1. The topological polar surface area (TPSA) is 113 Å². The summed E-state index contributed by atoms with van der Waals surface area (Å²) >= 11 is 12.1. The summed E-state index contributed by atoms with van der Waals surface area (Å²) in [7, 11) is 1.84. The summed E-state index contributed by atoms with van der Waals surface area (Å²) in [6, 6.07) is 11.2. The number of anilines is 1. The molecule has 12 heteroatoms. The molecule has 0 aliphatic heterocycles. The number of fused-ring (bicyclic) bond motifs is 1. The number of amides is 1. The van der Waals surface area contributed by atoms with Crippen LogP contribution in [-0.2, 0) is 11.8 Å². The summed E-state index contributed by atoms with van der Waals surface area (Å²) in [5, 5.41) is 16.6. The fourth-order valence-corrected chi connectivity index (χ4v) is 4.32. The molecule has 0 fully saturated rings. The third kappa shape index (κ3) is 4.60. The highest BCUT2D eigenvalue weighted by molar-refractivity contribution is 6.31. The minimum absolute atomic E-state index is 0.221. The molecule has 0 saturated carbocycles. The number of carbonyl (C=O) groups is 1. The van der Waals surface area contributed by atoms with Crippen LogP contribution in [0.5, 0.6) is 0 Å². The minimum Gasteiger partial charge on any atom is -0.324 e. The number of hydrogen-bond acceptors (Lipinski definition) is 6. The number of hydrogen-bond donors (Lipinski definition) is 1. The molecule has 5 rings (SSSR count). The van der Waals surface area contributed by atoms with Crippen molar-refractivity contribution in [2.45, 2.75) is 19.4 Å². The van der Waals surface area contributed by atoms with Crippen LogP contribution in [0, 0.1) is 0 Å². The van der Waals surface area contributed by atoms with Crippen LogP contribution in [0.1, 0.15) is 19.4 Å². The molecule has 0 unspecified atom stereocenters. The van der Waals surface area contributed by atoms with E-state index in [1.54, 1.807) is 28.9 Å². The second-order valence-corrected chi connectivity index (χ2v) is 8.98. The van der Waals surface area contributed by atoms with Crippen molar-refractivity contribution in [3.05, 3.63) is 81.7 Å². The van der Waals surface area contributed by atoms with Gasteiger partial charge in [0.05, 0.1) is 29.4 Å². The average molecular weight is 523 g/mol. The third-order valence-electron chi connectivity index (χ3n) is 5.69. The first kappa shape index (κ1) is 23.7. The lowest BCUT2D eigenvalue weighted by molar-refractivity contribution is -0.119. The normalized spacial score (nSPS) is 12.1. The van der Waals surface area contributed by atoms with Gasteiger partial charge < -0.3 is 5.32 Å². The fraction of sp³-hybridized carbons (Fsp3) is 0.167. The molecule has 0 spiro atoms.